The molecular formula is C15H20FN3O. The van der Waals surface area contributed by atoms with Crippen LogP contribution in [0.25, 0.3) is 5.69 Å². The van der Waals surface area contributed by atoms with E-state index in [1.165, 1.54) is 12.1 Å². The lowest BCUT2D eigenvalue weighted by Gasteiger charge is -2.18. The summed E-state index contributed by atoms with van der Waals surface area (Å²) >= 11 is 0. The summed E-state index contributed by atoms with van der Waals surface area (Å²) < 4.78 is 14.6. The Balaban J connectivity index is 2.06. The number of aliphatic hydroxyl groups is 1. The number of aromatic nitrogens is 2. The fourth-order valence-corrected chi connectivity index (χ4v) is 2.14. The first-order valence-corrected chi connectivity index (χ1v) is 6.86. The van der Waals surface area contributed by atoms with E-state index in [1.807, 2.05) is 12.3 Å². The highest BCUT2D eigenvalue weighted by Gasteiger charge is 2.07. The van der Waals surface area contributed by atoms with E-state index >= 15 is 0 Å². The quantitative estimate of drug-likeness (QED) is 0.843. The van der Waals surface area contributed by atoms with Crippen molar-refractivity contribution in [3.05, 3.63) is 48.0 Å². The lowest BCUT2D eigenvalue weighted by molar-refractivity contribution is 0.189. The molecule has 0 bridgehead atoms. The molecule has 0 saturated heterocycles. The van der Waals surface area contributed by atoms with Gasteiger partial charge in [-0.3, -0.25) is 4.90 Å². The van der Waals surface area contributed by atoms with Crippen molar-refractivity contribution in [2.45, 2.75) is 19.9 Å². The van der Waals surface area contributed by atoms with Crippen LogP contribution in [0.5, 0.6) is 0 Å². The molecule has 0 fully saturated rings. The first-order valence-electron chi connectivity index (χ1n) is 6.86. The summed E-state index contributed by atoms with van der Waals surface area (Å²) in [5.74, 6) is -0.252. The van der Waals surface area contributed by atoms with Gasteiger partial charge in [0.2, 0.25) is 0 Å². The van der Waals surface area contributed by atoms with Crippen molar-refractivity contribution in [1.29, 1.82) is 0 Å². The normalized spacial score (nSPS) is 11.2. The van der Waals surface area contributed by atoms with Crippen LogP contribution in [-0.2, 0) is 6.54 Å². The van der Waals surface area contributed by atoms with Gasteiger partial charge in [-0.25, -0.2) is 9.07 Å². The van der Waals surface area contributed by atoms with Crippen LogP contribution in [0.15, 0.2) is 36.5 Å². The second-order valence-corrected chi connectivity index (χ2v) is 4.73. The highest BCUT2D eigenvalue weighted by Crippen LogP contribution is 2.10. The minimum Gasteiger partial charge on any atom is -0.395 e. The first-order chi connectivity index (χ1) is 9.72. The molecule has 0 unspecified atom stereocenters. The molecule has 4 nitrogen and oxygen atoms in total. The Bertz CT molecular complexity index is 518. The van der Waals surface area contributed by atoms with Crippen molar-refractivity contribution in [1.82, 2.24) is 14.7 Å². The van der Waals surface area contributed by atoms with E-state index in [2.05, 4.69) is 16.9 Å². The van der Waals surface area contributed by atoms with Crippen LogP contribution in [-0.4, -0.2) is 39.5 Å². The lowest BCUT2D eigenvalue weighted by atomic mass is 10.3. The maximum Gasteiger partial charge on any atom is 0.123 e. The van der Waals surface area contributed by atoms with Gasteiger partial charge >= 0.3 is 0 Å². The number of hydrogen-bond acceptors (Lipinski definition) is 3. The van der Waals surface area contributed by atoms with Crippen molar-refractivity contribution in [3.8, 4) is 5.69 Å². The Kier molecular flexibility index (Phi) is 5.26. The molecule has 0 amide bonds. The largest absolute Gasteiger partial charge is 0.395 e. The number of benzene rings is 1. The topological polar surface area (TPSA) is 41.3 Å². The summed E-state index contributed by atoms with van der Waals surface area (Å²) in [6, 6.07) is 8.19. The van der Waals surface area contributed by atoms with Gasteiger partial charge in [-0.15, -0.1) is 0 Å². The zero-order valence-electron chi connectivity index (χ0n) is 11.7. The van der Waals surface area contributed by atoms with Gasteiger partial charge in [-0.2, -0.15) is 5.10 Å². The monoisotopic (exact) mass is 277 g/mol. The van der Waals surface area contributed by atoms with Crippen LogP contribution >= 0.6 is 0 Å². The van der Waals surface area contributed by atoms with E-state index in [-0.39, 0.29) is 12.4 Å². The maximum absolute atomic E-state index is 12.9. The Hall–Kier alpha value is -1.72. The molecule has 0 spiro atoms. The maximum atomic E-state index is 12.9. The van der Waals surface area contributed by atoms with Gasteiger partial charge in [0.05, 0.1) is 18.0 Å². The molecule has 5 heteroatoms. The van der Waals surface area contributed by atoms with Crippen molar-refractivity contribution in [2.75, 3.05) is 19.7 Å². The number of aliphatic hydroxyl groups excluding tert-OH is 1. The van der Waals surface area contributed by atoms with E-state index in [0.717, 1.165) is 24.3 Å². The van der Waals surface area contributed by atoms with Crippen LogP contribution in [0.2, 0.25) is 0 Å². The van der Waals surface area contributed by atoms with E-state index in [4.69, 9.17) is 5.11 Å². The second-order valence-electron chi connectivity index (χ2n) is 4.73. The third-order valence-electron chi connectivity index (χ3n) is 3.08. The van der Waals surface area contributed by atoms with E-state index in [0.29, 0.717) is 13.1 Å². The summed E-state index contributed by atoms with van der Waals surface area (Å²) in [6.45, 7) is 4.56. The summed E-state index contributed by atoms with van der Waals surface area (Å²) in [7, 11) is 0. The zero-order chi connectivity index (χ0) is 14.4. The van der Waals surface area contributed by atoms with Crippen LogP contribution in [0.3, 0.4) is 0 Å². The fraction of sp³-hybridized carbons (Fsp3) is 0.400. The van der Waals surface area contributed by atoms with Crippen molar-refractivity contribution in [2.24, 2.45) is 0 Å². The number of rotatable bonds is 7. The first kappa shape index (κ1) is 14.7. The van der Waals surface area contributed by atoms with Crippen molar-refractivity contribution < 1.29 is 9.50 Å². The molecule has 20 heavy (non-hydrogen) atoms. The highest BCUT2D eigenvalue weighted by molar-refractivity contribution is 5.31. The van der Waals surface area contributed by atoms with Gasteiger partial charge in [-0.05, 0) is 43.3 Å². The molecule has 0 aliphatic heterocycles. The molecule has 0 aliphatic carbocycles. The highest BCUT2D eigenvalue weighted by atomic mass is 19.1. The molecule has 2 aromatic rings. The van der Waals surface area contributed by atoms with E-state index < -0.39 is 0 Å². The predicted molar refractivity (Wildman–Crippen MR) is 76.2 cm³/mol. The Morgan fingerprint density at radius 1 is 1.20 bits per heavy atom. The molecule has 0 atom stereocenters. The average Bonchev–Trinajstić information content (AvgIpc) is 2.89. The van der Waals surface area contributed by atoms with Gasteiger partial charge in [0, 0.05) is 19.3 Å². The minimum absolute atomic E-state index is 0.151. The van der Waals surface area contributed by atoms with E-state index in [9.17, 15) is 4.39 Å². The third kappa shape index (κ3) is 3.88. The Morgan fingerprint density at radius 3 is 2.60 bits per heavy atom. The molecule has 2 rings (SSSR count). The molecule has 0 saturated carbocycles. The Morgan fingerprint density at radius 2 is 1.95 bits per heavy atom. The van der Waals surface area contributed by atoms with Crippen LogP contribution in [0.4, 0.5) is 4.39 Å². The number of hydrogen-bond donors (Lipinski definition) is 1. The standard InChI is InChI=1S/C15H20FN3O/c1-2-8-18(10-11-20)12-14-7-9-19(17-14)15-5-3-13(16)4-6-15/h3-7,9,20H,2,8,10-12H2,1H3. The Labute approximate surface area is 118 Å². The lowest BCUT2D eigenvalue weighted by Crippen LogP contribution is -2.27. The van der Waals surface area contributed by atoms with Crippen molar-refractivity contribution in [3.63, 3.8) is 0 Å². The molecule has 1 N–H and O–H groups in total. The van der Waals surface area contributed by atoms with Gasteiger partial charge in [0.1, 0.15) is 5.82 Å². The molecule has 108 valence electrons. The zero-order valence-corrected chi connectivity index (χ0v) is 11.7. The summed E-state index contributed by atoms with van der Waals surface area (Å²) in [6.07, 6.45) is 2.91. The second kappa shape index (κ2) is 7.17. The van der Waals surface area contributed by atoms with Crippen LogP contribution in [0, 0.1) is 5.82 Å². The number of halogens is 1. The van der Waals surface area contributed by atoms with Gasteiger partial charge in [0.25, 0.3) is 0 Å². The molecule has 0 aliphatic rings. The summed E-state index contributed by atoms with van der Waals surface area (Å²) in [4.78, 5) is 2.16. The van der Waals surface area contributed by atoms with Crippen molar-refractivity contribution >= 4 is 0 Å². The van der Waals surface area contributed by atoms with Crippen LogP contribution in [0.1, 0.15) is 19.0 Å². The SMILES string of the molecule is CCCN(CCO)Cc1ccn(-c2ccc(F)cc2)n1. The minimum atomic E-state index is -0.252. The third-order valence-corrected chi connectivity index (χ3v) is 3.08. The van der Waals surface area contributed by atoms with Gasteiger partial charge in [0.15, 0.2) is 0 Å². The predicted octanol–water partition coefficient (Wildman–Crippen LogP) is 2.22. The molecular weight excluding hydrogens is 257 g/mol. The molecule has 1 heterocycles. The smallest absolute Gasteiger partial charge is 0.123 e. The van der Waals surface area contributed by atoms with Gasteiger partial charge < -0.3 is 5.11 Å². The summed E-state index contributed by atoms with van der Waals surface area (Å²) in [5, 5.41) is 13.5. The molecule has 1 aromatic carbocycles. The van der Waals surface area contributed by atoms with Gasteiger partial charge in [-0.1, -0.05) is 6.92 Å². The average molecular weight is 277 g/mol. The van der Waals surface area contributed by atoms with Crippen LogP contribution < -0.4 is 0 Å². The summed E-state index contributed by atoms with van der Waals surface area (Å²) in [5.41, 5.74) is 1.78. The fourth-order valence-electron chi connectivity index (χ4n) is 2.14. The number of nitrogens with zero attached hydrogens (tertiary/aromatic N) is 3. The van der Waals surface area contributed by atoms with E-state index in [1.54, 1.807) is 16.8 Å². The molecule has 1 aromatic heterocycles. The molecule has 0 radical (unpaired) electrons.